The van der Waals surface area contributed by atoms with Crippen LogP contribution in [0.3, 0.4) is 0 Å². The highest BCUT2D eigenvalue weighted by atomic mass is 32.2. The van der Waals surface area contributed by atoms with Gasteiger partial charge in [0.25, 0.3) is 0 Å². The minimum atomic E-state index is 0.0236. The predicted octanol–water partition coefficient (Wildman–Crippen LogP) is 4.21. The highest BCUT2D eigenvalue weighted by Gasteiger charge is 2.21. The first kappa shape index (κ1) is 20.5. The third kappa shape index (κ3) is 4.70. The molecule has 4 rings (SSSR count). The van der Waals surface area contributed by atoms with Crippen LogP contribution >= 0.6 is 11.8 Å². The van der Waals surface area contributed by atoms with E-state index in [2.05, 4.69) is 22.0 Å². The number of hydrogen-bond donors (Lipinski definition) is 1. The number of methoxy groups -OCH3 is 1. The van der Waals surface area contributed by atoms with Crippen molar-refractivity contribution >= 4 is 17.7 Å². The molecule has 0 saturated carbocycles. The van der Waals surface area contributed by atoms with Gasteiger partial charge in [-0.3, -0.25) is 9.36 Å². The predicted molar refractivity (Wildman–Crippen MR) is 121 cm³/mol. The molecular weight excluding hydrogens is 394 g/mol. The van der Waals surface area contributed by atoms with Gasteiger partial charge >= 0.3 is 0 Å². The lowest BCUT2D eigenvalue weighted by atomic mass is 10.0. The van der Waals surface area contributed by atoms with E-state index in [0.29, 0.717) is 12.3 Å². The molecule has 0 radical (unpaired) electrons. The van der Waals surface area contributed by atoms with Gasteiger partial charge < -0.3 is 10.1 Å². The molecule has 1 amide bonds. The molecule has 30 heavy (non-hydrogen) atoms. The van der Waals surface area contributed by atoms with Crippen LogP contribution < -0.4 is 10.1 Å². The fraction of sp³-hybridized carbons (Fsp3) is 0.333. The first-order valence-electron chi connectivity index (χ1n) is 10.4. The lowest BCUT2D eigenvalue weighted by Crippen LogP contribution is -2.27. The third-order valence-electron chi connectivity index (χ3n) is 5.36. The zero-order valence-electron chi connectivity index (χ0n) is 17.3. The van der Waals surface area contributed by atoms with Crippen molar-refractivity contribution in [3.8, 4) is 11.4 Å². The number of ether oxygens (including phenoxy) is 1. The Hall–Kier alpha value is -2.73. The van der Waals surface area contributed by atoms with E-state index in [1.807, 2.05) is 42.5 Å². The highest BCUT2D eigenvalue weighted by molar-refractivity contribution is 7.99. The molecule has 1 aliphatic rings. The summed E-state index contributed by atoms with van der Waals surface area (Å²) in [5.74, 6) is 1.24. The summed E-state index contributed by atoms with van der Waals surface area (Å²) in [7, 11) is 1.67. The molecule has 0 unspecified atom stereocenters. The van der Waals surface area contributed by atoms with Crippen molar-refractivity contribution in [3.63, 3.8) is 0 Å². The molecule has 2 aromatic carbocycles. The Morgan fingerprint density at radius 3 is 2.70 bits per heavy atom. The summed E-state index contributed by atoms with van der Waals surface area (Å²) in [4.78, 5) is 17.3. The van der Waals surface area contributed by atoms with Crippen molar-refractivity contribution in [1.82, 2.24) is 14.9 Å². The summed E-state index contributed by atoms with van der Waals surface area (Å²) in [6.07, 6.45) is 5.19. The topological polar surface area (TPSA) is 56.1 Å². The van der Waals surface area contributed by atoms with E-state index in [9.17, 15) is 4.79 Å². The summed E-state index contributed by atoms with van der Waals surface area (Å²) in [6, 6.07) is 18.2. The van der Waals surface area contributed by atoms with Crippen LogP contribution in [0.25, 0.3) is 5.69 Å². The van der Waals surface area contributed by atoms with E-state index in [1.165, 1.54) is 36.0 Å². The van der Waals surface area contributed by atoms with Crippen molar-refractivity contribution in [3.05, 3.63) is 71.5 Å². The number of nitrogens with one attached hydrogen (secondary N) is 1. The zero-order valence-corrected chi connectivity index (χ0v) is 18.1. The van der Waals surface area contributed by atoms with Crippen molar-refractivity contribution in [2.45, 2.75) is 37.3 Å². The molecule has 0 bridgehead atoms. The minimum absolute atomic E-state index is 0.0236. The molecule has 1 heterocycles. The quantitative estimate of drug-likeness (QED) is 0.554. The Labute approximate surface area is 181 Å². The van der Waals surface area contributed by atoms with E-state index in [-0.39, 0.29) is 5.91 Å². The van der Waals surface area contributed by atoms with Crippen LogP contribution in [0.1, 0.15) is 29.8 Å². The monoisotopic (exact) mass is 421 g/mol. The van der Waals surface area contributed by atoms with Gasteiger partial charge in [0.1, 0.15) is 5.75 Å². The van der Waals surface area contributed by atoms with E-state index >= 15 is 0 Å². The molecule has 0 spiro atoms. The number of carbonyl (C=O) groups is 1. The van der Waals surface area contributed by atoms with E-state index in [0.717, 1.165) is 41.4 Å². The lowest BCUT2D eigenvalue weighted by molar-refractivity contribution is -0.118. The SMILES string of the molecule is COc1ccccc1CCNC(=O)CSc1nc2c(n1-c1ccccc1)CCCC2. The average Bonchev–Trinajstić information content (AvgIpc) is 3.17. The maximum absolute atomic E-state index is 12.5. The maximum Gasteiger partial charge on any atom is 0.230 e. The summed E-state index contributed by atoms with van der Waals surface area (Å²) < 4.78 is 7.61. The summed E-state index contributed by atoms with van der Waals surface area (Å²) in [6.45, 7) is 0.587. The van der Waals surface area contributed by atoms with Gasteiger partial charge in [-0.05, 0) is 55.9 Å². The van der Waals surface area contributed by atoms with E-state index in [4.69, 9.17) is 9.72 Å². The third-order valence-corrected chi connectivity index (χ3v) is 6.30. The lowest BCUT2D eigenvalue weighted by Gasteiger charge is -2.15. The molecule has 156 valence electrons. The number of rotatable bonds is 8. The van der Waals surface area contributed by atoms with E-state index in [1.54, 1.807) is 7.11 Å². The summed E-state index contributed by atoms with van der Waals surface area (Å²) in [5, 5.41) is 3.93. The molecule has 0 saturated heterocycles. The van der Waals surface area contributed by atoms with Crippen LogP contribution in [0.5, 0.6) is 5.75 Å². The van der Waals surface area contributed by atoms with Gasteiger partial charge in [-0.25, -0.2) is 4.98 Å². The van der Waals surface area contributed by atoms with Gasteiger partial charge in [0, 0.05) is 17.9 Å². The molecule has 0 atom stereocenters. The van der Waals surface area contributed by atoms with Crippen LogP contribution in [0.15, 0.2) is 59.8 Å². The Morgan fingerprint density at radius 2 is 1.87 bits per heavy atom. The second-order valence-corrected chi connectivity index (χ2v) is 8.31. The average molecular weight is 422 g/mol. The summed E-state index contributed by atoms with van der Waals surface area (Å²) >= 11 is 1.51. The van der Waals surface area contributed by atoms with Crippen LogP contribution in [0, 0.1) is 0 Å². The second-order valence-electron chi connectivity index (χ2n) is 7.37. The Kier molecular flexibility index (Phi) is 6.74. The van der Waals surface area contributed by atoms with Crippen LogP contribution in [0.4, 0.5) is 0 Å². The smallest absolute Gasteiger partial charge is 0.230 e. The Bertz CT molecular complexity index is 1000. The molecular formula is C24H27N3O2S. The molecule has 0 aliphatic heterocycles. The van der Waals surface area contributed by atoms with Gasteiger partial charge in [-0.1, -0.05) is 48.2 Å². The minimum Gasteiger partial charge on any atom is -0.496 e. The molecule has 0 fully saturated rings. The number of nitrogens with zero attached hydrogens (tertiary/aromatic N) is 2. The standard InChI is InChI=1S/C24H27N3O2S/c1-29-22-14-8-5-9-18(22)15-16-25-23(28)17-30-24-26-20-12-6-7-13-21(20)27(24)19-10-3-2-4-11-19/h2-5,8-11,14H,6-7,12-13,15-17H2,1H3,(H,25,28). The number of imidazole rings is 1. The van der Waals surface area contributed by atoms with Gasteiger partial charge in [-0.2, -0.15) is 0 Å². The number of amides is 1. The number of benzene rings is 2. The second kappa shape index (κ2) is 9.85. The fourth-order valence-corrected chi connectivity index (χ4v) is 4.76. The number of hydrogen-bond acceptors (Lipinski definition) is 4. The first-order chi connectivity index (χ1) is 14.8. The normalized spacial score (nSPS) is 13.0. The number of carbonyl (C=O) groups excluding carboxylic acids is 1. The molecule has 3 aromatic rings. The van der Waals surface area contributed by atoms with Crippen LogP contribution in [-0.4, -0.2) is 34.9 Å². The Balaban J connectivity index is 1.39. The van der Waals surface area contributed by atoms with Crippen molar-refractivity contribution in [1.29, 1.82) is 0 Å². The molecule has 1 aromatic heterocycles. The zero-order chi connectivity index (χ0) is 20.8. The largest absolute Gasteiger partial charge is 0.496 e. The highest BCUT2D eigenvalue weighted by Crippen LogP contribution is 2.30. The molecule has 5 nitrogen and oxygen atoms in total. The van der Waals surface area contributed by atoms with Crippen LogP contribution in [0.2, 0.25) is 0 Å². The number of thioether (sulfide) groups is 1. The molecule has 1 aliphatic carbocycles. The van der Waals surface area contributed by atoms with Gasteiger partial charge in [0.05, 0.1) is 18.6 Å². The van der Waals surface area contributed by atoms with Gasteiger partial charge in [-0.15, -0.1) is 0 Å². The summed E-state index contributed by atoms with van der Waals surface area (Å²) in [5.41, 5.74) is 4.70. The fourth-order valence-electron chi connectivity index (χ4n) is 3.88. The van der Waals surface area contributed by atoms with Crippen molar-refractivity contribution < 1.29 is 9.53 Å². The molecule has 6 heteroatoms. The Morgan fingerprint density at radius 1 is 1.10 bits per heavy atom. The van der Waals surface area contributed by atoms with Gasteiger partial charge in [0.2, 0.25) is 5.91 Å². The van der Waals surface area contributed by atoms with Crippen molar-refractivity contribution in [2.24, 2.45) is 0 Å². The van der Waals surface area contributed by atoms with Gasteiger partial charge in [0.15, 0.2) is 5.16 Å². The maximum atomic E-state index is 12.5. The van der Waals surface area contributed by atoms with Crippen LogP contribution in [-0.2, 0) is 24.1 Å². The first-order valence-corrected chi connectivity index (χ1v) is 11.4. The number of fused-ring (bicyclic) bond motifs is 1. The number of aryl methyl sites for hydroxylation is 1. The number of aromatic nitrogens is 2. The molecule has 1 N–H and O–H groups in total. The number of para-hydroxylation sites is 2. The van der Waals surface area contributed by atoms with Crippen molar-refractivity contribution in [2.75, 3.05) is 19.4 Å². The van der Waals surface area contributed by atoms with E-state index < -0.39 is 0 Å².